The molecule has 5 nitrogen and oxygen atoms in total. The Hall–Kier alpha value is -1.36. The van der Waals surface area contributed by atoms with Crippen molar-refractivity contribution in [2.45, 2.75) is 32.7 Å². The predicted octanol–water partition coefficient (Wildman–Crippen LogP) is 0.951. The number of rotatable bonds is 2. The molecule has 1 aromatic heterocycles. The van der Waals surface area contributed by atoms with Gasteiger partial charge in [-0.05, 0) is 38.7 Å². The maximum Gasteiger partial charge on any atom is 0.274 e. The van der Waals surface area contributed by atoms with Gasteiger partial charge in [-0.15, -0.1) is 0 Å². The minimum Gasteiger partial charge on any atom is -0.396 e. The summed E-state index contributed by atoms with van der Waals surface area (Å²) in [7, 11) is 0. The van der Waals surface area contributed by atoms with Crippen LogP contribution in [0.2, 0.25) is 0 Å². The van der Waals surface area contributed by atoms with Gasteiger partial charge in [0.2, 0.25) is 0 Å². The summed E-state index contributed by atoms with van der Waals surface area (Å²) >= 11 is 0. The SMILES string of the molecule is Cc1cc(C(=O)N2CC(CO)CCC2C)n[nH]1. The molecule has 5 heteroatoms. The molecule has 0 radical (unpaired) electrons. The Balaban J connectivity index is 2.12. The maximum absolute atomic E-state index is 12.2. The van der Waals surface area contributed by atoms with Crippen LogP contribution in [0.1, 0.15) is 35.9 Å². The first-order valence-electron chi connectivity index (χ1n) is 6.05. The highest BCUT2D eigenvalue weighted by Crippen LogP contribution is 2.23. The lowest BCUT2D eigenvalue weighted by molar-refractivity contribution is 0.0483. The molecular weight excluding hydrogens is 218 g/mol. The molecule has 1 aromatic rings. The molecule has 2 atom stereocenters. The minimum absolute atomic E-state index is 0.0417. The molecule has 94 valence electrons. The summed E-state index contributed by atoms with van der Waals surface area (Å²) in [6, 6.07) is 1.99. The highest BCUT2D eigenvalue weighted by atomic mass is 16.3. The third-order valence-electron chi connectivity index (χ3n) is 3.42. The normalized spacial score (nSPS) is 25.0. The Morgan fingerprint density at radius 2 is 2.41 bits per heavy atom. The Labute approximate surface area is 101 Å². The van der Waals surface area contributed by atoms with Crippen LogP contribution in [-0.4, -0.2) is 45.3 Å². The molecule has 2 rings (SSSR count). The topological polar surface area (TPSA) is 69.2 Å². The van der Waals surface area contributed by atoms with E-state index in [0.29, 0.717) is 12.2 Å². The van der Waals surface area contributed by atoms with Gasteiger partial charge in [-0.2, -0.15) is 5.10 Å². The van der Waals surface area contributed by atoms with E-state index in [1.807, 2.05) is 18.7 Å². The Morgan fingerprint density at radius 1 is 1.65 bits per heavy atom. The van der Waals surface area contributed by atoms with Crippen LogP contribution in [0.5, 0.6) is 0 Å². The molecule has 0 spiro atoms. The number of aromatic nitrogens is 2. The lowest BCUT2D eigenvalue weighted by Gasteiger charge is -2.37. The molecule has 1 aliphatic heterocycles. The fourth-order valence-corrected chi connectivity index (χ4v) is 2.29. The number of aliphatic hydroxyl groups is 1. The molecule has 0 aliphatic carbocycles. The van der Waals surface area contributed by atoms with Gasteiger partial charge in [-0.3, -0.25) is 9.89 Å². The van der Waals surface area contributed by atoms with Crippen LogP contribution in [-0.2, 0) is 0 Å². The zero-order valence-electron chi connectivity index (χ0n) is 10.3. The van der Waals surface area contributed by atoms with Crippen molar-refractivity contribution in [2.75, 3.05) is 13.2 Å². The van der Waals surface area contributed by atoms with Gasteiger partial charge in [0.25, 0.3) is 5.91 Å². The second kappa shape index (κ2) is 4.87. The number of amides is 1. The highest BCUT2D eigenvalue weighted by molar-refractivity contribution is 5.92. The van der Waals surface area contributed by atoms with E-state index in [4.69, 9.17) is 0 Å². The number of carbonyl (C=O) groups excluding carboxylic acids is 1. The van der Waals surface area contributed by atoms with Crippen LogP contribution in [0, 0.1) is 12.8 Å². The van der Waals surface area contributed by atoms with Gasteiger partial charge in [-0.25, -0.2) is 0 Å². The number of H-pyrrole nitrogens is 1. The van der Waals surface area contributed by atoms with Gasteiger partial charge in [0.05, 0.1) is 0 Å². The Bertz CT molecular complexity index is 402. The van der Waals surface area contributed by atoms with Gasteiger partial charge in [0.15, 0.2) is 0 Å². The van der Waals surface area contributed by atoms with Crippen molar-refractivity contribution >= 4 is 5.91 Å². The molecule has 17 heavy (non-hydrogen) atoms. The summed E-state index contributed by atoms with van der Waals surface area (Å²) in [5.74, 6) is 0.162. The zero-order chi connectivity index (χ0) is 12.4. The first-order chi connectivity index (χ1) is 8.11. The Kier molecular flexibility index (Phi) is 3.47. The summed E-state index contributed by atoms with van der Waals surface area (Å²) in [5, 5.41) is 16.0. The van der Waals surface area contributed by atoms with E-state index in [9.17, 15) is 9.90 Å². The standard InChI is InChI=1S/C12H19N3O2/c1-8-5-11(14-13-8)12(17)15-6-10(7-16)4-3-9(15)2/h5,9-10,16H,3-4,6-7H2,1-2H3,(H,13,14). The van der Waals surface area contributed by atoms with Crippen LogP contribution in [0.15, 0.2) is 6.07 Å². The number of aliphatic hydroxyl groups excluding tert-OH is 1. The van der Waals surface area contributed by atoms with E-state index in [0.717, 1.165) is 18.5 Å². The summed E-state index contributed by atoms with van der Waals surface area (Å²) in [6.07, 6.45) is 1.93. The van der Waals surface area contributed by atoms with Crippen molar-refractivity contribution < 1.29 is 9.90 Å². The van der Waals surface area contributed by atoms with Gasteiger partial charge in [0, 0.05) is 24.9 Å². The fraction of sp³-hybridized carbons (Fsp3) is 0.667. The molecule has 1 aliphatic rings. The van der Waals surface area contributed by atoms with E-state index < -0.39 is 0 Å². The number of likely N-dealkylation sites (tertiary alicyclic amines) is 1. The van der Waals surface area contributed by atoms with E-state index in [1.165, 1.54) is 0 Å². The number of aromatic amines is 1. The summed E-state index contributed by atoms with van der Waals surface area (Å²) in [4.78, 5) is 14.1. The summed E-state index contributed by atoms with van der Waals surface area (Å²) in [5.41, 5.74) is 1.35. The van der Waals surface area contributed by atoms with E-state index >= 15 is 0 Å². The molecule has 1 saturated heterocycles. The van der Waals surface area contributed by atoms with Crippen LogP contribution in [0.25, 0.3) is 0 Å². The zero-order valence-corrected chi connectivity index (χ0v) is 10.3. The minimum atomic E-state index is -0.0417. The first kappa shape index (κ1) is 12.1. The number of aryl methyl sites for hydroxylation is 1. The van der Waals surface area contributed by atoms with Crippen molar-refractivity contribution in [1.29, 1.82) is 0 Å². The van der Waals surface area contributed by atoms with Crippen LogP contribution in [0.4, 0.5) is 0 Å². The monoisotopic (exact) mass is 237 g/mol. The number of nitrogens with zero attached hydrogens (tertiary/aromatic N) is 2. The quantitative estimate of drug-likeness (QED) is 0.804. The third-order valence-corrected chi connectivity index (χ3v) is 3.42. The molecule has 0 saturated carbocycles. The lowest BCUT2D eigenvalue weighted by Crippen LogP contribution is -2.46. The number of nitrogens with one attached hydrogen (secondary N) is 1. The van der Waals surface area contributed by atoms with Gasteiger partial charge < -0.3 is 10.0 Å². The number of hydrogen-bond donors (Lipinski definition) is 2. The molecule has 1 amide bonds. The second-order valence-electron chi connectivity index (χ2n) is 4.87. The lowest BCUT2D eigenvalue weighted by atomic mass is 9.94. The molecule has 0 bridgehead atoms. The van der Waals surface area contributed by atoms with E-state index in [2.05, 4.69) is 10.2 Å². The highest BCUT2D eigenvalue weighted by Gasteiger charge is 2.30. The smallest absolute Gasteiger partial charge is 0.274 e. The average molecular weight is 237 g/mol. The number of piperidine rings is 1. The van der Waals surface area contributed by atoms with Crippen LogP contribution >= 0.6 is 0 Å². The van der Waals surface area contributed by atoms with Crippen molar-refractivity contribution in [2.24, 2.45) is 5.92 Å². The van der Waals surface area contributed by atoms with Crippen molar-refractivity contribution in [3.05, 3.63) is 17.5 Å². The van der Waals surface area contributed by atoms with Gasteiger partial charge in [0.1, 0.15) is 5.69 Å². The van der Waals surface area contributed by atoms with Crippen molar-refractivity contribution in [1.82, 2.24) is 15.1 Å². The Morgan fingerprint density at radius 3 is 3.00 bits per heavy atom. The largest absolute Gasteiger partial charge is 0.396 e. The molecule has 0 aromatic carbocycles. The van der Waals surface area contributed by atoms with Crippen molar-refractivity contribution in [3.8, 4) is 0 Å². The molecule has 2 N–H and O–H groups in total. The van der Waals surface area contributed by atoms with E-state index in [1.54, 1.807) is 6.07 Å². The van der Waals surface area contributed by atoms with E-state index in [-0.39, 0.29) is 24.5 Å². The maximum atomic E-state index is 12.2. The molecule has 2 unspecified atom stereocenters. The third kappa shape index (κ3) is 2.49. The summed E-state index contributed by atoms with van der Waals surface area (Å²) in [6.45, 7) is 4.70. The van der Waals surface area contributed by atoms with Gasteiger partial charge in [-0.1, -0.05) is 0 Å². The second-order valence-corrected chi connectivity index (χ2v) is 4.87. The summed E-state index contributed by atoms with van der Waals surface area (Å²) < 4.78 is 0. The average Bonchev–Trinajstić information content (AvgIpc) is 2.76. The van der Waals surface area contributed by atoms with Crippen molar-refractivity contribution in [3.63, 3.8) is 0 Å². The molecule has 2 heterocycles. The number of carbonyl (C=O) groups is 1. The van der Waals surface area contributed by atoms with Crippen LogP contribution < -0.4 is 0 Å². The molecule has 1 fully saturated rings. The van der Waals surface area contributed by atoms with Crippen LogP contribution in [0.3, 0.4) is 0 Å². The molecular formula is C12H19N3O2. The predicted molar refractivity (Wildman–Crippen MR) is 63.6 cm³/mol. The number of hydrogen-bond acceptors (Lipinski definition) is 3. The first-order valence-corrected chi connectivity index (χ1v) is 6.05. The van der Waals surface area contributed by atoms with Gasteiger partial charge >= 0.3 is 0 Å². The fourth-order valence-electron chi connectivity index (χ4n) is 2.29.